The molecule has 0 aliphatic carbocycles. The zero-order valence-electron chi connectivity index (χ0n) is 17.3. The molecule has 3 rings (SSSR count). The van der Waals surface area contributed by atoms with Gasteiger partial charge in [-0.3, -0.25) is 9.59 Å². The first kappa shape index (κ1) is 21.7. The summed E-state index contributed by atoms with van der Waals surface area (Å²) >= 11 is 1.40. The summed E-state index contributed by atoms with van der Waals surface area (Å²) < 4.78 is 5.33. The van der Waals surface area contributed by atoms with Crippen molar-refractivity contribution in [3.63, 3.8) is 0 Å². The summed E-state index contributed by atoms with van der Waals surface area (Å²) in [5, 5.41) is 2.88. The van der Waals surface area contributed by atoms with Gasteiger partial charge in [-0.1, -0.05) is 54.6 Å². The number of hydrogen-bond acceptors (Lipinski definition) is 4. The molecular weight excluding hydrogens is 394 g/mol. The SMILES string of the molecule is Cc1ccc(SCC(=O)O[C@@H](C)C(=O)Nc2ccccc2-c2ccccc2)cc1C. The summed E-state index contributed by atoms with van der Waals surface area (Å²) in [5.41, 5.74) is 4.99. The van der Waals surface area contributed by atoms with Gasteiger partial charge in [-0.05, 0) is 55.7 Å². The maximum absolute atomic E-state index is 12.6. The summed E-state index contributed by atoms with van der Waals surface area (Å²) in [6.45, 7) is 5.67. The number of hydrogen-bond donors (Lipinski definition) is 1. The number of nitrogens with one attached hydrogen (secondary N) is 1. The zero-order chi connectivity index (χ0) is 21.5. The van der Waals surface area contributed by atoms with E-state index in [-0.39, 0.29) is 11.7 Å². The number of carbonyl (C=O) groups excluding carboxylic acids is 2. The quantitative estimate of drug-likeness (QED) is 0.398. The van der Waals surface area contributed by atoms with E-state index in [1.54, 1.807) is 6.92 Å². The summed E-state index contributed by atoms with van der Waals surface area (Å²) in [5.74, 6) is -0.624. The van der Waals surface area contributed by atoms with Gasteiger partial charge in [-0.25, -0.2) is 0 Å². The Morgan fingerprint density at radius 3 is 2.37 bits per heavy atom. The highest BCUT2D eigenvalue weighted by atomic mass is 32.2. The minimum Gasteiger partial charge on any atom is -0.452 e. The molecule has 0 radical (unpaired) electrons. The van der Waals surface area contributed by atoms with Crippen LogP contribution in [-0.4, -0.2) is 23.7 Å². The molecule has 1 N–H and O–H groups in total. The number of rotatable bonds is 7. The Bertz CT molecular complexity index is 1030. The maximum atomic E-state index is 12.6. The van der Waals surface area contributed by atoms with Crippen LogP contribution in [0.2, 0.25) is 0 Å². The summed E-state index contributed by atoms with van der Waals surface area (Å²) in [6, 6.07) is 23.4. The molecule has 154 valence electrons. The molecule has 0 spiro atoms. The number of anilines is 1. The lowest BCUT2D eigenvalue weighted by Crippen LogP contribution is -2.30. The van der Waals surface area contributed by atoms with Crippen molar-refractivity contribution in [2.45, 2.75) is 31.8 Å². The van der Waals surface area contributed by atoms with Crippen molar-refractivity contribution in [1.82, 2.24) is 0 Å². The molecular formula is C25H25NO3S. The van der Waals surface area contributed by atoms with Crippen LogP contribution < -0.4 is 5.32 Å². The van der Waals surface area contributed by atoms with Crippen molar-refractivity contribution in [1.29, 1.82) is 0 Å². The number of para-hydroxylation sites is 1. The smallest absolute Gasteiger partial charge is 0.317 e. The predicted molar refractivity (Wildman–Crippen MR) is 123 cm³/mol. The molecule has 1 amide bonds. The van der Waals surface area contributed by atoms with E-state index in [0.717, 1.165) is 16.0 Å². The number of amides is 1. The molecule has 0 heterocycles. The molecule has 0 saturated heterocycles. The fourth-order valence-corrected chi connectivity index (χ4v) is 3.70. The minimum atomic E-state index is -0.887. The van der Waals surface area contributed by atoms with Crippen molar-refractivity contribution in [3.05, 3.63) is 83.9 Å². The van der Waals surface area contributed by atoms with E-state index in [2.05, 4.69) is 5.32 Å². The fraction of sp³-hybridized carbons (Fsp3) is 0.200. The van der Waals surface area contributed by atoms with Crippen molar-refractivity contribution in [3.8, 4) is 11.1 Å². The Hall–Kier alpha value is -3.05. The van der Waals surface area contributed by atoms with Crippen molar-refractivity contribution in [2.75, 3.05) is 11.1 Å². The lowest BCUT2D eigenvalue weighted by Gasteiger charge is -2.16. The Labute approximate surface area is 181 Å². The lowest BCUT2D eigenvalue weighted by molar-refractivity contribution is -0.150. The van der Waals surface area contributed by atoms with Gasteiger partial charge < -0.3 is 10.1 Å². The maximum Gasteiger partial charge on any atom is 0.317 e. The average molecular weight is 420 g/mol. The standard InChI is InChI=1S/C25H25NO3S/c1-17-13-14-21(15-18(17)2)30-16-24(27)29-19(3)25(28)26-23-12-8-7-11-22(23)20-9-5-4-6-10-20/h4-15,19H,16H2,1-3H3,(H,26,28)/t19-/m0/s1. The number of aryl methyl sites for hydroxylation is 2. The molecule has 3 aromatic rings. The number of carbonyl (C=O) groups is 2. The number of esters is 1. The van der Waals surface area contributed by atoms with Crippen LogP contribution in [0.5, 0.6) is 0 Å². The van der Waals surface area contributed by atoms with Gasteiger partial charge in [0.15, 0.2) is 6.10 Å². The molecule has 0 aromatic heterocycles. The molecule has 0 aliphatic rings. The van der Waals surface area contributed by atoms with Crippen molar-refractivity contribution in [2.24, 2.45) is 0 Å². The van der Waals surface area contributed by atoms with Crippen LogP contribution in [0.25, 0.3) is 11.1 Å². The Morgan fingerprint density at radius 1 is 0.933 bits per heavy atom. The Balaban J connectivity index is 1.57. The van der Waals surface area contributed by atoms with Crippen molar-refractivity contribution >= 4 is 29.3 Å². The van der Waals surface area contributed by atoms with Crippen LogP contribution in [0, 0.1) is 13.8 Å². The Kier molecular flexibility index (Phi) is 7.31. The third-order valence-corrected chi connectivity index (χ3v) is 5.75. The molecule has 3 aromatic carbocycles. The second kappa shape index (κ2) is 10.1. The largest absolute Gasteiger partial charge is 0.452 e. The molecule has 5 heteroatoms. The van der Waals surface area contributed by atoms with Crippen molar-refractivity contribution < 1.29 is 14.3 Å². The van der Waals surface area contributed by atoms with Crippen LogP contribution >= 0.6 is 11.8 Å². The molecule has 0 unspecified atom stereocenters. The highest BCUT2D eigenvalue weighted by Gasteiger charge is 2.19. The van der Waals surface area contributed by atoms with E-state index in [1.165, 1.54) is 22.9 Å². The first-order chi connectivity index (χ1) is 14.4. The Morgan fingerprint density at radius 2 is 1.63 bits per heavy atom. The van der Waals surface area contributed by atoms with Crippen LogP contribution in [-0.2, 0) is 14.3 Å². The van der Waals surface area contributed by atoms with E-state index in [0.29, 0.717) is 5.69 Å². The predicted octanol–water partition coefficient (Wildman–Crippen LogP) is 5.63. The second-order valence-corrected chi connectivity index (χ2v) is 8.12. The monoisotopic (exact) mass is 419 g/mol. The van der Waals surface area contributed by atoms with E-state index in [1.807, 2.05) is 86.6 Å². The van der Waals surface area contributed by atoms with Crippen LogP contribution in [0.1, 0.15) is 18.1 Å². The third-order valence-electron chi connectivity index (χ3n) is 4.78. The van der Waals surface area contributed by atoms with E-state index in [9.17, 15) is 9.59 Å². The van der Waals surface area contributed by atoms with Gasteiger partial charge in [0.2, 0.25) is 0 Å². The number of benzene rings is 3. The summed E-state index contributed by atoms with van der Waals surface area (Å²) in [6.07, 6.45) is -0.887. The topological polar surface area (TPSA) is 55.4 Å². The van der Waals surface area contributed by atoms with Gasteiger partial charge in [0.05, 0.1) is 5.75 Å². The summed E-state index contributed by atoms with van der Waals surface area (Å²) in [4.78, 5) is 25.8. The fourth-order valence-electron chi connectivity index (χ4n) is 2.93. The highest BCUT2D eigenvalue weighted by Crippen LogP contribution is 2.28. The summed E-state index contributed by atoms with van der Waals surface area (Å²) in [7, 11) is 0. The van der Waals surface area contributed by atoms with Gasteiger partial charge in [0.25, 0.3) is 5.91 Å². The molecule has 0 aliphatic heterocycles. The van der Waals surface area contributed by atoms with Crippen LogP contribution in [0.4, 0.5) is 5.69 Å². The normalized spacial score (nSPS) is 11.6. The van der Waals surface area contributed by atoms with Crippen LogP contribution in [0.3, 0.4) is 0 Å². The molecule has 0 fully saturated rings. The number of ether oxygens (including phenoxy) is 1. The van der Waals surface area contributed by atoms with E-state index in [4.69, 9.17) is 4.74 Å². The zero-order valence-corrected chi connectivity index (χ0v) is 18.2. The van der Waals surface area contributed by atoms with Gasteiger partial charge in [0.1, 0.15) is 0 Å². The van der Waals surface area contributed by atoms with Gasteiger partial charge in [-0.2, -0.15) is 0 Å². The molecule has 4 nitrogen and oxygen atoms in total. The minimum absolute atomic E-state index is 0.153. The molecule has 30 heavy (non-hydrogen) atoms. The molecule has 0 bridgehead atoms. The van der Waals surface area contributed by atoms with Gasteiger partial charge in [-0.15, -0.1) is 11.8 Å². The first-order valence-electron chi connectivity index (χ1n) is 9.79. The van der Waals surface area contributed by atoms with E-state index >= 15 is 0 Å². The van der Waals surface area contributed by atoms with E-state index < -0.39 is 12.1 Å². The average Bonchev–Trinajstić information content (AvgIpc) is 2.75. The molecule has 0 saturated carbocycles. The second-order valence-electron chi connectivity index (χ2n) is 7.07. The third kappa shape index (κ3) is 5.74. The van der Waals surface area contributed by atoms with Gasteiger partial charge >= 0.3 is 5.97 Å². The van der Waals surface area contributed by atoms with Gasteiger partial charge in [0, 0.05) is 16.1 Å². The molecule has 1 atom stereocenters. The number of thioether (sulfide) groups is 1. The van der Waals surface area contributed by atoms with Crippen LogP contribution in [0.15, 0.2) is 77.7 Å². The lowest BCUT2D eigenvalue weighted by atomic mass is 10.0. The first-order valence-corrected chi connectivity index (χ1v) is 10.8. The highest BCUT2D eigenvalue weighted by molar-refractivity contribution is 8.00.